The topological polar surface area (TPSA) is 62.2 Å². The van der Waals surface area contributed by atoms with Crippen LogP contribution in [0.3, 0.4) is 0 Å². The number of carboxylic acid groups (broad SMARTS) is 1. The lowest BCUT2D eigenvalue weighted by Gasteiger charge is -2.51. The van der Waals surface area contributed by atoms with Crippen LogP contribution >= 0.6 is 11.5 Å². The minimum absolute atomic E-state index is 0.165. The van der Waals surface area contributed by atoms with Crippen LogP contribution in [0.2, 0.25) is 0 Å². The second kappa shape index (κ2) is 4.81. The first kappa shape index (κ1) is 14.0. The van der Waals surface area contributed by atoms with Gasteiger partial charge in [-0.3, -0.25) is 4.79 Å². The van der Waals surface area contributed by atoms with E-state index in [1.54, 1.807) is 11.5 Å². The Morgan fingerprint density at radius 2 is 1.85 bits per heavy atom. The number of hydrogen-bond donors (Lipinski definition) is 2. The molecular formula is C15H22N2O2S. The molecule has 110 valence electrons. The normalized spacial score (nSPS) is 32.5. The Morgan fingerprint density at radius 1 is 1.25 bits per heavy atom. The summed E-state index contributed by atoms with van der Waals surface area (Å²) in [6.45, 7) is 5.06. The minimum Gasteiger partial charge on any atom is -0.481 e. The molecule has 0 aromatic carbocycles. The zero-order valence-electron chi connectivity index (χ0n) is 12.2. The van der Waals surface area contributed by atoms with Crippen LogP contribution in [0, 0.1) is 19.3 Å². The number of fused-ring (bicyclic) bond motifs is 3. The van der Waals surface area contributed by atoms with E-state index < -0.39 is 11.4 Å². The van der Waals surface area contributed by atoms with Crippen molar-refractivity contribution in [2.24, 2.45) is 5.41 Å². The highest BCUT2D eigenvalue weighted by Crippen LogP contribution is 2.52. The van der Waals surface area contributed by atoms with E-state index in [2.05, 4.69) is 23.5 Å². The van der Waals surface area contributed by atoms with Crippen molar-refractivity contribution in [2.45, 2.75) is 64.5 Å². The van der Waals surface area contributed by atoms with Crippen molar-refractivity contribution in [3.63, 3.8) is 0 Å². The first-order valence-electron chi connectivity index (χ1n) is 7.37. The fourth-order valence-corrected chi connectivity index (χ4v) is 4.52. The summed E-state index contributed by atoms with van der Waals surface area (Å²) in [7, 11) is 0. The maximum atomic E-state index is 11.4. The van der Waals surface area contributed by atoms with Crippen LogP contribution in [-0.4, -0.2) is 21.0 Å². The van der Waals surface area contributed by atoms with E-state index in [0.29, 0.717) is 0 Å². The molecule has 3 aliphatic carbocycles. The van der Waals surface area contributed by atoms with E-state index in [4.69, 9.17) is 0 Å². The average molecular weight is 294 g/mol. The van der Waals surface area contributed by atoms with Gasteiger partial charge in [0.1, 0.15) is 0 Å². The molecule has 5 heteroatoms. The number of aryl methyl sites for hydroxylation is 2. The molecule has 3 saturated carbocycles. The Hall–Kier alpha value is -0.940. The van der Waals surface area contributed by atoms with Crippen LogP contribution in [0.15, 0.2) is 0 Å². The van der Waals surface area contributed by atoms with Crippen LogP contribution in [0.1, 0.15) is 54.7 Å². The molecule has 0 atom stereocenters. The second-order valence-corrected chi connectivity index (χ2v) is 7.50. The molecule has 3 aliphatic rings. The highest BCUT2D eigenvalue weighted by atomic mass is 32.1. The molecule has 20 heavy (non-hydrogen) atoms. The zero-order chi connectivity index (χ0) is 14.4. The largest absolute Gasteiger partial charge is 0.481 e. The van der Waals surface area contributed by atoms with Gasteiger partial charge in [-0.25, -0.2) is 0 Å². The van der Waals surface area contributed by atoms with Crippen molar-refractivity contribution in [1.82, 2.24) is 9.69 Å². The predicted molar refractivity (Wildman–Crippen MR) is 78.9 cm³/mol. The van der Waals surface area contributed by atoms with E-state index in [9.17, 15) is 9.90 Å². The molecule has 1 aromatic heterocycles. The minimum atomic E-state index is -0.584. The van der Waals surface area contributed by atoms with Crippen LogP contribution in [0.5, 0.6) is 0 Å². The van der Waals surface area contributed by atoms with Gasteiger partial charge in [0.05, 0.1) is 11.1 Å². The van der Waals surface area contributed by atoms with Crippen molar-refractivity contribution < 1.29 is 9.90 Å². The first-order chi connectivity index (χ1) is 9.46. The number of carbonyl (C=O) groups is 1. The third kappa shape index (κ3) is 2.17. The molecule has 4 rings (SSSR count). The van der Waals surface area contributed by atoms with Gasteiger partial charge in [-0.2, -0.15) is 4.37 Å². The van der Waals surface area contributed by atoms with E-state index >= 15 is 0 Å². The molecule has 0 unspecified atom stereocenters. The van der Waals surface area contributed by atoms with Crippen LogP contribution in [0.4, 0.5) is 0 Å². The highest BCUT2D eigenvalue weighted by Gasteiger charge is 2.52. The number of rotatable bonds is 4. The summed E-state index contributed by atoms with van der Waals surface area (Å²) >= 11 is 1.57. The lowest BCUT2D eigenvalue weighted by molar-refractivity contribution is -0.156. The summed E-state index contributed by atoms with van der Waals surface area (Å²) in [5.74, 6) is -0.584. The van der Waals surface area contributed by atoms with Gasteiger partial charge in [0, 0.05) is 22.5 Å². The van der Waals surface area contributed by atoms with E-state index in [0.717, 1.165) is 50.8 Å². The van der Waals surface area contributed by atoms with Crippen molar-refractivity contribution in [2.75, 3.05) is 0 Å². The van der Waals surface area contributed by atoms with Gasteiger partial charge in [0.25, 0.3) is 0 Å². The summed E-state index contributed by atoms with van der Waals surface area (Å²) < 4.78 is 4.40. The fraction of sp³-hybridized carbons (Fsp3) is 0.733. The zero-order valence-corrected chi connectivity index (χ0v) is 13.0. The van der Waals surface area contributed by atoms with E-state index in [1.165, 1.54) is 10.4 Å². The lowest BCUT2D eigenvalue weighted by atomic mass is 9.57. The van der Waals surface area contributed by atoms with E-state index in [-0.39, 0.29) is 5.54 Å². The van der Waals surface area contributed by atoms with Gasteiger partial charge in [-0.1, -0.05) is 0 Å². The van der Waals surface area contributed by atoms with Gasteiger partial charge in [0.15, 0.2) is 0 Å². The summed E-state index contributed by atoms with van der Waals surface area (Å²) in [6.07, 6.45) is 5.47. The summed E-state index contributed by atoms with van der Waals surface area (Å²) in [5.41, 5.74) is 2.20. The Labute approximate surface area is 123 Å². The maximum absolute atomic E-state index is 11.4. The fourth-order valence-electron chi connectivity index (χ4n) is 3.80. The van der Waals surface area contributed by atoms with Gasteiger partial charge in [-0.15, -0.1) is 0 Å². The number of nitrogens with one attached hydrogen (secondary N) is 1. The highest BCUT2D eigenvalue weighted by molar-refractivity contribution is 7.05. The molecule has 1 aromatic rings. The summed E-state index contributed by atoms with van der Waals surface area (Å²) in [5, 5.41) is 13.2. The number of aromatic nitrogens is 1. The van der Waals surface area contributed by atoms with Crippen LogP contribution in [-0.2, 0) is 11.3 Å². The summed E-state index contributed by atoms with van der Waals surface area (Å²) in [4.78, 5) is 12.7. The maximum Gasteiger partial charge on any atom is 0.309 e. The number of nitrogens with zero attached hydrogens (tertiary/aromatic N) is 1. The van der Waals surface area contributed by atoms with Crippen molar-refractivity contribution in [3.8, 4) is 0 Å². The molecule has 0 radical (unpaired) electrons. The Bertz CT molecular complexity index is 494. The molecule has 0 spiro atoms. The summed E-state index contributed by atoms with van der Waals surface area (Å²) in [6, 6.07) is 0. The predicted octanol–water partition coefficient (Wildman–Crippen LogP) is 3.03. The number of hydrogen-bond acceptors (Lipinski definition) is 4. The Morgan fingerprint density at radius 3 is 2.30 bits per heavy atom. The van der Waals surface area contributed by atoms with Gasteiger partial charge in [-0.05, 0) is 63.9 Å². The average Bonchev–Trinajstić information content (AvgIpc) is 2.78. The van der Waals surface area contributed by atoms with Gasteiger partial charge in [0.2, 0.25) is 0 Å². The molecule has 1 heterocycles. The third-order valence-electron chi connectivity index (χ3n) is 5.52. The third-order valence-corrected chi connectivity index (χ3v) is 6.41. The first-order valence-corrected chi connectivity index (χ1v) is 8.14. The molecule has 0 amide bonds. The van der Waals surface area contributed by atoms with Crippen molar-refractivity contribution >= 4 is 17.5 Å². The molecule has 0 aliphatic heterocycles. The van der Waals surface area contributed by atoms with Gasteiger partial charge < -0.3 is 10.4 Å². The van der Waals surface area contributed by atoms with Crippen LogP contribution in [0.25, 0.3) is 0 Å². The van der Waals surface area contributed by atoms with Gasteiger partial charge >= 0.3 is 5.97 Å². The standard InChI is InChI=1S/C15H22N2O2S/c1-10-12(11(2)20-17-10)9-16-15-6-3-14(4-7-15,5-8-15)13(18)19/h16H,3-9H2,1-2H3,(H,18,19). The smallest absolute Gasteiger partial charge is 0.309 e. The molecule has 3 fully saturated rings. The molecular weight excluding hydrogens is 272 g/mol. The Kier molecular flexibility index (Phi) is 3.37. The molecule has 2 bridgehead atoms. The lowest BCUT2D eigenvalue weighted by Crippen LogP contribution is -2.56. The van der Waals surface area contributed by atoms with Crippen molar-refractivity contribution in [3.05, 3.63) is 16.1 Å². The number of aliphatic carboxylic acids is 1. The van der Waals surface area contributed by atoms with Crippen molar-refractivity contribution in [1.29, 1.82) is 0 Å². The monoisotopic (exact) mass is 294 g/mol. The SMILES string of the molecule is Cc1nsc(C)c1CNC12CCC(C(=O)O)(CC1)CC2. The second-order valence-electron chi connectivity index (χ2n) is 6.52. The molecule has 0 saturated heterocycles. The Balaban J connectivity index is 1.67. The quantitative estimate of drug-likeness (QED) is 0.896. The van der Waals surface area contributed by atoms with E-state index in [1.807, 2.05) is 0 Å². The molecule has 2 N–H and O–H groups in total. The molecule has 4 nitrogen and oxygen atoms in total. The number of carboxylic acids is 1. The van der Waals surface area contributed by atoms with Crippen LogP contribution < -0.4 is 5.32 Å².